The monoisotopic (exact) mass is 716 g/mol. The quantitative estimate of drug-likeness (QED) is 0.172. The van der Waals surface area contributed by atoms with Crippen molar-refractivity contribution in [2.24, 2.45) is 0 Å². The lowest BCUT2D eigenvalue weighted by Gasteiger charge is -2.09. The molecule has 0 spiro atoms. The maximum atomic E-state index is 6.54. The van der Waals surface area contributed by atoms with E-state index in [-0.39, 0.29) is 0 Å². The van der Waals surface area contributed by atoms with E-state index < -0.39 is 0 Å². The van der Waals surface area contributed by atoms with Crippen LogP contribution in [-0.2, 0) is 0 Å². The summed E-state index contributed by atoms with van der Waals surface area (Å²) in [5, 5.41) is 4.50. The third kappa shape index (κ3) is 5.45. The molecule has 0 amide bonds. The number of nitrogens with zero attached hydrogens (tertiary/aromatic N) is 4. The van der Waals surface area contributed by atoms with Gasteiger partial charge < -0.3 is 8.98 Å². The smallest absolute Gasteiger partial charge is 0.164 e. The number of aromatic nitrogens is 4. The van der Waals surface area contributed by atoms with Crippen LogP contribution >= 0.6 is 0 Å². The van der Waals surface area contributed by atoms with Gasteiger partial charge in [0.2, 0.25) is 0 Å². The Morgan fingerprint density at radius 1 is 0.304 bits per heavy atom. The van der Waals surface area contributed by atoms with Crippen LogP contribution in [0.1, 0.15) is 0 Å². The van der Waals surface area contributed by atoms with Gasteiger partial charge in [0.25, 0.3) is 0 Å². The minimum absolute atomic E-state index is 0.593. The van der Waals surface area contributed by atoms with Gasteiger partial charge in [-0.3, -0.25) is 0 Å². The van der Waals surface area contributed by atoms with Crippen LogP contribution < -0.4 is 0 Å². The van der Waals surface area contributed by atoms with Crippen molar-refractivity contribution in [1.29, 1.82) is 0 Å². The fourth-order valence-corrected chi connectivity index (χ4v) is 7.90. The maximum absolute atomic E-state index is 6.54. The zero-order valence-electron chi connectivity index (χ0n) is 30.2. The first-order valence-corrected chi connectivity index (χ1v) is 18.8. The molecule has 0 atom stereocenters. The zero-order chi connectivity index (χ0) is 37.0. The van der Waals surface area contributed by atoms with Gasteiger partial charge in [-0.15, -0.1) is 0 Å². The summed E-state index contributed by atoms with van der Waals surface area (Å²) in [6.07, 6.45) is 0. The fraction of sp³-hybridized carbons (Fsp3) is 0. The summed E-state index contributed by atoms with van der Waals surface area (Å²) in [5.41, 5.74) is 12.5. The average molecular weight is 717 g/mol. The molecule has 0 aliphatic heterocycles. The normalized spacial score (nSPS) is 11.6. The Balaban J connectivity index is 1.06. The van der Waals surface area contributed by atoms with Crippen LogP contribution in [0.15, 0.2) is 199 Å². The zero-order valence-corrected chi connectivity index (χ0v) is 30.2. The Morgan fingerprint density at radius 3 is 1.29 bits per heavy atom. The van der Waals surface area contributed by atoms with Crippen molar-refractivity contribution in [2.45, 2.75) is 0 Å². The van der Waals surface area contributed by atoms with Gasteiger partial charge in [0.1, 0.15) is 11.2 Å². The molecular formula is C51H32N4O. The van der Waals surface area contributed by atoms with E-state index in [0.717, 1.165) is 55.3 Å². The molecule has 11 aromatic rings. The molecule has 0 radical (unpaired) electrons. The summed E-state index contributed by atoms with van der Waals surface area (Å²) in [4.78, 5) is 14.8. The largest absolute Gasteiger partial charge is 0.456 e. The topological polar surface area (TPSA) is 56.7 Å². The molecule has 3 aromatic heterocycles. The first kappa shape index (κ1) is 31.9. The van der Waals surface area contributed by atoms with Crippen LogP contribution in [0.3, 0.4) is 0 Å². The SMILES string of the molecule is c1ccc(-c2ccc3c(c2)c2cc(-c4ccccc4)ccc2n3-c2ccc3oc4cc(-c5nc(-c6ccccc6)nc(-c6ccccc6)n5)ccc4c3c2)cc1. The van der Waals surface area contributed by atoms with E-state index in [1.165, 1.54) is 33.0 Å². The molecule has 0 fully saturated rings. The molecule has 8 aromatic carbocycles. The third-order valence-electron chi connectivity index (χ3n) is 10.6. The number of rotatable bonds is 6. The second-order valence-corrected chi connectivity index (χ2v) is 14.1. The second kappa shape index (κ2) is 13.0. The van der Waals surface area contributed by atoms with Gasteiger partial charge >= 0.3 is 0 Å². The first-order valence-electron chi connectivity index (χ1n) is 18.8. The molecular weight excluding hydrogens is 685 g/mol. The summed E-state index contributed by atoms with van der Waals surface area (Å²) >= 11 is 0. The average Bonchev–Trinajstić information content (AvgIpc) is 3.81. The predicted octanol–water partition coefficient (Wildman–Crippen LogP) is 13.2. The highest BCUT2D eigenvalue weighted by atomic mass is 16.3. The Bertz CT molecular complexity index is 3070. The Kier molecular flexibility index (Phi) is 7.42. The first-order chi connectivity index (χ1) is 27.7. The Labute approximate surface area is 322 Å². The number of hydrogen-bond donors (Lipinski definition) is 0. The van der Waals surface area contributed by atoms with Crippen molar-refractivity contribution in [3.8, 4) is 62.1 Å². The van der Waals surface area contributed by atoms with Gasteiger partial charge in [-0.1, -0.05) is 140 Å². The molecule has 0 bridgehead atoms. The lowest BCUT2D eigenvalue weighted by Crippen LogP contribution is -2.00. The van der Waals surface area contributed by atoms with Gasteiger partial charge in [0, 0.05) is 43.9 Å². The molecule has 5 heteroatoms. The highest BCUT2D eigenvalue weighted by molar-refractivity contribution is 6.12. The van der Waals surface area contributed by atoms with E-state index in [1.807, 2.05) is 66.7 Å². The van der Waals surface area contributed by atoms with E-state index in [0.29, 0.717) is 17.5 Å². The van der Waals surface area contributed by atoms with Crippen LogP contribution in [0.4, 0.5) is 0 Å². The molecule has 0 aliphatic rings. The molecule has 0 aliphatic carbocycles. The van der Waals surface area contributed by atoms with Crippen LogP contribution in [0.25, 0.3) is 106 Å². The van der Waals surface area contributed by atoms with Gasteiger partial charge in [0.15, 0.2) is 17.5 Å². The second-order valence-electron chi connectivity index (χ2n) is 14.1. The summed E-state index contributed by atoms with van der Waals surface area (Å²) in [6, 6.07) is 67.6. The minimum Gasteiger partial charge on any atom is -0.456 e. The Hall–Kier alpha value is -7.63. The molecule has 0 unspecified atom stereocenters. The summed E-state index contributed by atoms with van der Waals surface area (Å²) < 4.78 is 8.92. The summed E-state index contributed by atoms with van der Waals surface area (Å²) in [6.45, 7) is 0. The lowest BCUT2D eigenvalue weighted by molar-refractivity contribution is 0.669. The highest BCUT2D eigenvalue weighted by Gasteiger charge is 2.18. The molecule has 56 heavy (non-hydrogen) atoms. The van der Waals surface area contributed by atoms with E-state index >= 15 is 0 Å². The van der Waals surface area contributed by atoms with Crippen molar-refractivity contribution in [1.82, 2.24) is 19.5 Å². The number of furan rings is 1. The Morgan fingerprint density at radius 2 is 0.768 bits per heavy atom. The molecule has 0 saturated carbocycles. The van der Waals surface area contributed by atoms with Crippen LogP contribution in [0.2, 0.25) is 0 Å². The maximum Gasteiger partial charge on any atom is 0.164 e. The van der Waals surface area contributed by atoms with E-state index in [9.17, 15) is 0 Å². The van der Waals surface area contributed by atoms with E-state index in [1.54, 1.807) is 0 Å². The van der Waals surface area contributed by atoms with Crippen molar-refractivity contribution < 1.29 is 4.42 Å². The minimum atomic E-state index is 0.593. The standard InChI is InChI=1S/C51H32N4O/c1-5-13-33(14-6-1)37-22-26-45-42(29-37)43-30-38(34-15-7-2-8-16-34)23-27-46(43)55(45)40-24-28-47-44(32-40)41-25-21-39(31-48(41)56-47)51-53-49(35-17-9-3-10-18-35)52-50(54-51)36-19-11-4-12-20-36/h1-32H. The van der Waals surface area contributed by atoms with E-state index in [2.05, 4.69) is 132 Å². The molecule has 5 nitrogen and oxygen atoms in total. The summed E-state index contributed by atoms with van der Waals surface area (Å²) in [7, 11) is 0. The van der Waals surface area contributed by atoms with Crippen LogP contribution in [0.5, 0.6) is 0 Å². The molecule has 262 valence electrons. The van der Waals surface area contributed by atoms with E-state index in [4.69, 9.17) is 19.4 Å². The van der Waals surface area contributed by atoms with Crippen LogP contribution in [-0.4, -0.2) is 19.5 Å². The van der Waals surface area contributed by atoms with Crippen molar-refractivity contribution in [3.05, 3.63) is 194 Å². The predicted molar refractivity (Wildman–Crippen MR) is 229 cm³/mol. The number of hydrogen-bond acceptors (Lipinski definition) is 4. The van der Waals surface area contributed by atoms with Gasteiger partial charge in [-0.05, 0) is 76.9 Å². The van der Waals surface area contributed by atoms with Crippen LogP contribution in [0, 0.1) is 0 Å². The summed E-state index contributed by atoms with van der Waals surface area (Å²) in [5.74, 6) is 1.85. The van der Waals surface area contributed by atoms with Crippen molar-refractivity contribution in [2.75, 3.05) is 0 Å². The molecule has 11 rings (SSSR count). The molecule has 3 heterocycles. The number of benzene rings is 8. The van der Waals surface area contributed by atoms with Gasteiger partial charge in [-0.25, -0.2) is 15.0 Å². The van der Waals surface area contributed by atoms with Crippen molar-refractivity contribution in [3.63, 3.8) is 0 Å². The van der Waals surface area contributed by atoms with Gasteiger partial charge in [-0.2, -0.15) is 0 Å². The fourth-order valence-electron chi connectivity index (χ4n) is 7.90. The number of fused-ring (bicyclic) bond motifs is 6. The highest BCUT2D eigenvalue weighted by Crippen LogP contribution is 2.39. The van der Waals surface area contributed by atoms with Gasteiger partial charge in [0.05, 0.1) is 11.0 Å². The molecule has 0 N–H and O–H groups in total. The van der Waals surface area contributed by atoms with Crippen molar-refractivity contribution >= 4 is 43.7 Å². The molecule has 0 saturated heterocycles. The third-order valence-corrected chi connectivity index (χ3v) is 10.6. The lowest BCUT2D eigenvalue weighted by atomic mass is 10.0.